The summed E-state index contributed by atoms with van der Waals surface area (Å²) in [7, 11) is 0. The van der Waals surface area contributed by atoms with E-state index in [0.29, 0.717) is 18.4 Å². The van der Waals surface area contributed by atoms with Crippen LogP contribution in [0.1, 0.15) is 29.0 Å². The van der Waals surface area contributed by atoms with Gasteiger partial charge in [0.05, 0.1) is 6.07 Å². The van der Waals surface area contributed by atoms with Crippen LogP contribution in [0.15, 0.2) is 48.8 Å². The average Bonchev–Trinajstić information content (AvgIpc) is 2.48. The lowest BCUT2D eigenvalue weighted by Gasteiger charge is -2.09. The van der Waals surface area contributed by atoms with Gasteiger partial charge in [0.15, 0.2) is 5.78 Å². The first-order valence-electron chi connectivity index (χ1n) is 6.59. The number of pyridine rings is 1. The highest BCUT2D eigenvalue weighted by molar-refractivity contribution is 5.88. The Labute approximate surface area is 118 Å². The van der Waals surface area contributed by atoms with E-state index in [1.54, 1.807) is 24.5 Å². The van der Waals surface area contributed by atoms with Gasteiger partial charge < -0.3 is 0 Å². The summed E-state index contributed by atoms with van der Waals surface area (Å²) in [6.07, 6.45) is 4.26. The Balaban J connectivity index is 2.05. The first-order chi connectivity index (χ1) is 9.72. The Morgan fingerprint density at radius 1 is 1.30 bits per heavy atom. The lowest BCUT2D eigenvalue weighted by molar-refractivity contribution is -0.119. The Bertz CT molecular complexity index is 629. The van der Waals surface area contributed by atoms with Crippen molar-refractivity contribution in [2.45, 2.75) is 25.7 Å². The second-order valence-electron chi connectivity index (χ2n) is 4.74. The Morgan fingerprint density at radius 3 is 2.75 bits per heavy atom. The molecule has 1 aromatic heterocycles. The molecular weight excluding hydrogens is 248 g/mol. The van der Waals surface area contributed by atoms with Gasteiger partial charge in [-0.3, -0.25) is 9.78 Å². The van der Waals surface area contributed by atoms with Crippen LogP contribution >= 0.6 is 0 Å². The second-order valence-corrected chi connectivity index (χ2v) is 4.74. The minimum absolute atomic E-state index is 0.0521. The van der Waals surface area contributed by atoms with Gasteiger partial charge in [-0.2, -0.15) is 5.26 Å². The first-order valence-corrected chi connectivity index (χ1v) is 6.59. The molecule has 0 bridgehead atoms. The van der Waals surface area contributed by atoms with Gasteiger partial charge in [0.1, 0.15) is 5.92 Å². The van der Waals surface area contributed by atoms with Crippen molar-refractivity contribution < 1.29 is 4.79 Å². The maximum absolute atomic E-state index is 12.2. The van der Waals surface area contributed by atoms with E-state index in [1.807, 2.05) is 31.2 Å². The van der Waals surface area contributed by atoms with E-state index >= 15 is 0 Å². The molecule has 0 N–H and O–H groups in total. The van der Waals surface area contributed by atoms with E-state index < -0.39 is 5.92 Å². The third-order valence-corrected chi connectivity index (χ3v) is 3.37. The Morgan fingerprint density at radius 2 is 2.10 bits per heavy atom. The van der Waals surface area contributed by atoms with Crippen LogP contribution in [0.25, 0.3) is 0 Å². The topological polar surface area (TPSA) is 53.8 Å². The number of carbonyl (C=O) groups excluding carboxylic acids is 1. The number of ketones is 1. The fourth-order valence-electron chi connectivity index (χ4n) is 2.17. The van der Waals surface area contributed by atoms with Gasteiger partial charge >= 0.3 is 0 Å². The van der Waals surface area contributed by atoms with Gasteiger partial charge in [-0.25, -0.2) is 0 Å². The molecule has 0 fully saturated rings. The molecule has 1 unspecified atom stereocenters. The summed E-state index contributed by atoms with van der Waals surface area (Å²) >= 11 is 0. The van der Waals surface area contributed by atoms with Crippen LogP contribution in [0.3, 0.4) is 0 Å². The molecule has 2 aromatic rings. The van der Waals surface area contributed by atoms with Crippen LogP contribution in [-0.2, 0) is 11.2 Å². The van der Waals surface area contributed by atoms with E-state index in [-0.39, 0.29) is 5.78 Å². The van der Waals surface area contributed by atoms with Crippen molar-refractivity contribution >= 4 is 5.78 Å². The summed E-state index contributed by atoms with van der Waals surface area (Å²) in [5.41, 5.74) is 3.00. The lowest BCUT2D eigenvalue weighted by Crippen LogP contribution is -2.12. The van der Waals surface area contributed by atoms with Gasteiger partial charge in [-0.05, 0) is 36.1 Å². The summed E-state index contributed by atoms with van der Waals surface area (Å²) in [4.78, 5) is 16.2. The predicted octanol–water partition coefficient (Wildman–Crippen LogP) is 3.20. The molecule has 100 valence electrons. The number of aryl methyl sites for hydroxylation is 2. The monoisotopic (exact) mass is 264 g/mol. The molecule has 1 atom stereocenters. The van der Waals surface area contributed by atoms with Crippen molar-refractivity contribution in [3.05, 3.63) is 65.5 Å². The molecular formula is C17H16N2O. The van der Waals surface area contributed by atoms with E-state index in [2.05, 4.69) is 11.1 Å². The molecule has 0 aliphatic heterocycles. The molecule has 0 amide bonds. The van der Waals surface area contributed by atoms with Crippen LogP contribution in [0.5, 0.6) is 0 Å². The normalized spacial score (nSPS) is 11.6. The Hall–Kier alpha value is -2.47. The van der Waals surface area contributed by atoms with E-state index in [9.17, 15) is 10.1 Å². The maximum Gasteiger partial charge on any atom is 0.154 e. The number of benzene rings is 1. The summed E-state index contributed by atoms with van der Waals surface area (Å²) in [6, 6.07) is 13.6. The summed E-state index contributed by atoms with van der Waals surface area (Å²) in [6.45, 7) is 2.03. The molecule has 0 radical (unpaired) electrons. The summed E-state index contributed by atoms with van der Waals surface area (Å²) in [5.74, 6) is -0.767. The fourth-order valence-corrected chi connectivity index (χ4v) is 2.17. The van der Waals surface area contributed by atoms with Crippen LogP contribution in [0.2, 0.25) is 0 Å². The molecule has 0 spiro atoms. The van der Waals surface area contributed by atoms with Crippen molar-refractivity contribution in [2.24, 2.45) is 0 Å². The van der Waals surface area contributed by atoms with E-state index in [0.717, 1.165) is 5.56 Å². The fraction of sp³-hybridized carbons (Fsp3) is 0.235. The zero-order chi connectivity index (χ0) is 14.4. The highest BCUT2D eigenvalue weighted by Crippen LogP contribution is 2.18. The number of hydrogen-bond donors (Lipinski definition) is 0. The summed E-state index contributed by atoms with van der Waals surface area (Å²) < 4.78 is 0. The largest absolute Gasteiger partial charge is 0.298 e. The zero-order valence-electron chi connectivity index (χ0n) is 11.4. The molecule has 1 aromatic carbocycles. The molecule has 0 saturated heterocycles. The molecule has 0 aliphatic rings. The van der Waals surface area contributed by atoms with Crippen LogP contribution in [-0.4, -0.2) is 10.8 Å². The highest BCUT2D eigenvalue weighted by Gasteiger charge is 2.19. The lowest BCUT2D eigenvalue weighted by atomic mass is 9.93. The molecule has 1 heterocycles. The number of nitriles is 1. The average molecular weight is 264 g/mol. The zero-order valence-corrected chi connectivity index (χ0v) is 11.4. The number of hydrogen-bond acceptors (Lipinski definition) is 3. The third-order valence-electron chi connectivity index (χ3n) is 3.37. The van der Waals surface area contributed by atoms with Gasteiger partial charge in [0.25, 0.3) is 0 Å². The van der Waals surface area contributed by atoms with Gasteiger partial charge in [0, 0.05) is 18.8 Å². The van der Waals surface area contributed by atoms with Crippen LogP contribution < -0.4 is 0 Å². The third kappa shape index (κ3) is 3.30. The quantitative estimate of drug-likeness (QED) is 0.833. The second kappa shape index (κ2) is 6.63. The van der Waals surface area contributed by atoms with E-state index in [1.165, 1.54) is 5.56 Å². The van der Waals surface area contributed by atoms with Crippen molar-refractivity contribution in [3.8, 4) is 6.07 Å². The first kappa shape index (κ1) is 14.0. The van der Waals surface area contributed by atoms with Crippen molar-refractivity contribution in [1.29, 1.82) is 5.26 Å². The Kier molecular flexibility index (Phi) is 4.62. The highest BCUT2D eigenvalue weighted by atomic mass is 16.1. The number of nitrogens with zero attached hydrogens (tertiary/aromatic N) is 2. The predicted molar refractivity (Wildman–Crippen MR) is 77.1 cm³/mol. The van der Waals surface area contributed by atoms with Crippen LogP contribution in [0.4, 0.5) is 0 Å². The van der Waals surface area contributed by atoms with Crippen molar-refractivity contribution in [1.82, 2.24) is 4.98 Å². The number of rotatable bonds is 5. The standard InChI is InChI=1S/C17H16N2O/c1-13-5-2-3-6-14(13)8-9-17(20)16(11-18)15-7-4-10-19-12-15/h2-7,10,12,16H,8-9H2,1H3. The van der Waals surface area contributed by atoms with Gasteiger partial charge in [0.2, 0.25) is 0 Å². The summed E-state index contributed by atoms with van der Waals surface area (Å²) in [5, 5.41) is 9.20. The molecule has 20 heavy (non-hydrogen) atoms. The van der Waals surface area contributed by atoms with Gasteiger partial charge in [-0.1, -0.05) is 30.3 Å². The van der Waals surface area contributed by atoms with Crippen molar-refractivity contribution in [2.75, 3.05) is 0 Å². The smallest absolute Gasteiger partial charge is 0.154 e. The SMILES string of the molecule is Cc1ccccc1CCC(=O)C(C#N)c1cccnc1. The molecule has 2 rings (SSSR count). The van der Waals surface area contributed by atoms with Gasteiger partial charge in [-0.15, -0.1) is 0 Å². The molecule has 3 heteroatoms. The molecule has 3 nitrogen and oxygen atoms in total. The number of aromatic nitrogens is 1. The maximum atomic E-state index is 12.2. The van der Waals surface area contributed by atoms with Crippen molar-refractivity contribution in [3.63, 3.8) is 0 Å². The van der Waals surface area contributed by atoms with Crippen LogP contribution in [0, 0.1) is 18.3 Å². The van der Waals surface area contributed by atoms with E-state index in [4.69, 9.17) is 0 Å². The molecule has 0 saturated carbocycles. The minimum atomic E-state index is -0.715. The minimum Gasteiger partial charge on any atom is -0.298 e. The number of Topliss-reactive ketones (excluding diaryl/α,β-unsaturated/α-hetero) is 1. The number of carbonyl (C=O) groups is 1. The molecule has 0 aliphatic carbocycles.